The Morgan fingerprint density at radius 3 is 2.45 bits per heavy atom. The number of ether oxygens (including phenoxy) is 2. The molecule has 1 fully saturated rings. The van der Waals surface area contributed by atoms with Gasteiger partial charge in [-0.25, -0.2) is 5.01 Å². The lowest BCUT2D eigenvalue weighted by atomic mass is 10.1. The molecule has 2 amide bonds. The topological polar surface area (TPSA) is 67.9 Å². The van der Waals surface area contributed by atoms with Crippen LogP contribution in [0.25, 0.3) is 6.08 Å². The number of carbonyl (C=O) groups excluding carboxylic acids is 2. The van der Waals surface area contributed by atoms with Gasteiger partial charge in [-0.2, -0.15) is 0 Å². The largest absolute Gasteiger partial charge is 0.490 e. The van der Waals surface area contributed by atoms with Crippen LogP contribution in [0.3, 0.4) is 0 Å². The van der Waals surface area contributed by atoms with Crippen molar-refractivity contribution in [3.63, 3.8) is 0 Å². The molecule has 1 heterocycles. The van der Waals surface area contributed by atoms with Gasteiger partial charge in [0.15, 0.2) is 11.5 Å². The summed E-state index contributed by atoms with van der Waals surface area (Å²) in [6.45, 7) is 4.61. The van der Waals surface area contributed by atoms with Crippen LogP contribution < -0.4 is 19.9 Å². The molecule has 0 saturated carbocycles. The first kappa shape index (κ1) is 22.4. The summed E-state index contributed by atoms with van der Waals surface area (Å²) in [4.78, 5) is 25.4. The molecule has 0 atom stereocenters. The maximum absolute atomic E-state index is 12.9. The number of hydrogen-bond donors (Lipinski definition) is 1. The summed E-state index contributed by atoms with van der Waals surface area (Å²) < 4.78 is 11.7. The van der Waals surface area contributed by atoms with Crippen LogP contribution in [0.15, 0.2) is 72.3 Å². The van der Waals surface area contributed by atoms with Gasteiger partial charge in [0, 0.05) is 0 Å². The number of aryl methyl sites for hydroxylation is 1. The highest BCUT2D eigenvalue weighted by Crippen LogP contribution is 2.38. The molecule has 4 rings (SSSR count). The van der Waals surface area contributed by atoms with Gasteiger partial charge in [-0.15, -0.1) is 0 Å². The van der Waals surface area contributed by atoms with Gasteiger partial charge in [0.2, 0.25) is 0 Å². The molecule has 0 spiro atoms. The number of amides is 2. The number of hydrogen-bond acceptors (Lipinski definition) is 4. The van der Waals surface area contributed by atoms with E-state index in [1.54, 1.807) is 36.4 Å². The second kappa shape index (κ2) is 9.79. The number of benzene rings is 3. The standard InChI is InChI=1S/C26H23ClN2O4/c1-3-32-23-15-18(14-22(27)24(23)33-16-19-10-8-7-9-17(19)2)13-21-25(30)28-29(26(21)31)20-11-5-4-6-12-20/h4-15H,3,16H2,1-2H3,(H,28,30)/b21-13+. The second-order valence-electron chi connectivity index (χ2n) is 7.45. The van der Waals surface area contributed by atoms with Crippen LogP contribution in [-0.2, 0) is 16.2 Å². The van der Waals surface area contributed by atoms with E-state index in [0.717, 1.165) is 11.1 Å². The number of anilines is 1. The Morgan fingerprint density at radius 1 is 1.00 bits per heavy atom. The Labute approximate surface area is 197 Å². The molecule has 168 valence electrons. The fourth-order valence-electron chi connectivity index (χ4n) is 3.48. The molecular weight excluding hydrogens is 440 g/mol. The van der Waals surface area contributed by atoms with Crippen molar-refractivity contribution in [2.45, 2.75) is 20.5 Å². The predicted octanol–water partition coefficient (Wildman–Crippen LogP) is 5.09. The molecule has 33 heavy (non-hydrogen) atoms. The van der Waals surface area contributed by atoms with Crippen molar-refractivity contribution in [2.24, 2.45) is 0 Å². The van der Waals surface area contributed by atoms with Crippen molar-refractivity contribution in [1.82, 2.24) is 5.43 Å². The fraction of sp³-hybridized carbons (Fsp3) is 0.154. The first-order chi connectivity index (χ1) is 16.0. The number of nitrogens with zero attached hydrogens (tertiary/aromatic N) is 1. The van der Waals surface area contributed by atoms with Crippen molar-refractivity contribution in [2.75, 3.05) is 11.6 Å². The van der Waals surface area contributed by atoms with E-state index in [4.69, 9.17) is 21.1 Å². The zero-order chi connectivity index (χ0) is 23.4. The van der Waals surface area contributed by atoms with Gasteiger partial charge >= 0.3 is 0 Å². The van der Waals surface area contributed by atoms with Crippen LogP contribution in [-0.4, -0.2) is 18.4 Å². The Kier molecular flexibility index (Phi) is 6.66. The summed E-state index contributed by atoms with van der Waals surface area (Å²) in [5.41, 5.74) is 5.88. The van der Waals surface area contributed by atoms with Gasteiger partial charge in [-0.3, -0.25) is 15.0 Å². The van der Waals surface area contributed by atoms with E-state index in [1.165, 1.54) is 11.1 Å². The monoisotopic (exact) mass is 462 g/mol. The average molecular weight is 463 g/mol. The van der Waals surface area contributed by atoms with E-state index in [2.05, 4.69) is 5.43 Å². The third-order valence-corrected chi connectivity index (χ3v) is 5.46. The maximum atomic E-state index is 12.9. The van der Waals surface area contributed by atoms with Crippen LogP contribution in [0.1, 0.15) is 23.6 Å². The third kappa shape index (κ3) is 4.86. The molecule has 3 aromatic carbocycles. The molecule has 0 aromatic heterocycles. The van der Waals surface area contributed by atoms with Crippen molar-refractivity contribution < 1.29 is 19.1 Å². The van der Waals surface area contributed by atoms with E-state index in [0.29, 0.717) is 41.0 Å². The highest BCUT2D eigenvalue weighted by Gasteiger charge is 2.34. The van der Waals surface area contributed by atoms with Crippen molar-refractivity contribution >= 4 is 35.2 Å². The molecule has 1 aliphatic rings. The Bertz CT molecular complexity index is 1220. The smallest absolute Gasteiger partial charge is 0.282 e. The van der Waals surface area contributed by atoms with Crippen molar-refractivity contribution in [1.29, 1.82) is 0 Å². The number of hydrazine groups is 1. The molecule has 0 bridgehead atoms. The number of nitrogens with one attached hydrogen (secondary N) is 1. The lowest BCUT2D eigenvalue weighted by Crippen LogP contribution is -2.35. The van der Waals surface area contributed by atoms with Gasteiger partial charge in [0.25, 0.3) is 11.8 Å². The molecule has 0 unspecified atom stereocenters. The molecule has 0 radical (unpaired) electrons. The summed E-state index contributed by atoms with van der Waals surface area (Å²) in [7, 11) is 0. The highest BCUT2D eigenvalue weighted by molar-refractivity contribution is 6.33. The molecule has 0 aliphatic carbocycles. The zero-order valence-corrected chi connectivity index (χ0v) is 19.1. The summed E-state index contributed by atoms with van der Waals surface area (Å²) in [6, 6.07) is 20.2. The number of rotatable bonds is 7. The first-order valence-electron chi connectivity index (χ1n) is 10.5. The van der Waals surface area contributed by atoms with E-state index < -0.39 is 11.8 Å². The molecule has 1 saturated heterocycles. The van der Waals surface area contributed by atoms with E-state index in [-0.39, 0.29) is 5.57 Å². The second-order valence-corrected chi connectivity index (χ2v) is 7.86. The molecule has 1 aliphatic heterocycles. The summed E-state index contributed by atoms with van der Waals surface area (Å²) in [6.07, 6.45) is 1.50. The number of carbonyl (C=O) groups is 2. The van der Waals surface area contributed by atoms with Crippen LogP contribution >= 0.6 is 11.6 Å². The Balaban J connectivity index is 1.62. The van der Waals surface area contributed by atoms with Gasteiger partial charge in [0.1, 0.15) is 12.2 Å². The van der Waals surface area contributed by atoms with E-state index in [1.807, 2.05) is 44.2 Å². The van der Waals surface area contributed by atoms with Crippen molar-refractivity contribution in [3.05, 3.63) is 94.0 Å². The highest BCUT2D eigenvalue weighted by atomic mass is 35.5. The lowest BCUT2D eigenvalue weighted by molar-refractivity contribution is -0.117. The SMILES string of the molecule is CCOc1cc(/C=C2\C(=O)NN(c3ccccc3)C2=O)cc(Cl)c1OCc1ccccc1C. The third-order valence-electron chi connectivity index (χ3n) is 5.18. The molecule has 6 nitrogen and oxygen atoms in total. The van der Waals surface area contributed by atoms with Gasteiger partial charge in [-0.05, 0) is 60.9 Å². The van der Waals surface area contributed by atoms with Crippen LogP contribution in [0.4, 0.5) is 5.69 Å². The quantitative estimate of drug-likeness (QED) is 0.392. The fourth-order valence-corrected chi connectivity index (χ4v) is 3.75. The normalized spacial score (nSPS) is 14.5. The van der Waals surface area contributed by atoms with Gasteiger partial charge < -0.3 is 9.47 Å². The summed E-state index contributed by atoms with van der Waals surface area (Å²) in [5, 5.41) is 1.55. The molecule has 1 N–H and O–H groups in total. The van der Waals surface area contributed by atoms with Crippen molar-refractivity contribution in [3.8, 4) is 11.5 Å². The minimum absolute atomic E-state index is 0.00551. The number of halogens is 1. The van der Waals surface area contributed by atoms with Gasteiger partial charge in [0.05, 0.1) is 17.3 Å². The maximum Gasteiger partial charge on any atom is 0.282 e. The van der Waals surface area contributed by atoms with Crippen LogP contribution in [0, 0.1) is 6.92 Å². The van der Waals surface area contributed by atoms with Crippen LogP contribution in [0.2, 0.25) is 5.02 Å². The molecule has 3 aromatic rings. The minimum Gasteiger partial charge on any atom is -0.490 e. The number of para-hydroxylation sites is 1. The Morgan fingerprint density at radius 2 is 1.73 bits per heavy atom. The minimum atomic E-state index is -0.488. The summed E-state index contributed by atoms with van der Waals surface area (Å²) >= 11 is 6.53. The van der Waals surface area contributed by atoms with Gasteiger partial charge in [-0.1, -0.05) is 54.1 Å². The van der Waals surface area contributed by atoms with Crippen LogP contribution in [0.5, 0.6) is 11.5 Å². The van der Waals surface area contributed by atoms with E-state index in [9.17, 15) is 9.59 Å². The molecule has 7 heteroatoms. The molecular formula is C26H23ClN2O4. The average Bonchev–Trinajstić information content (AvgIpc) is 3.09. The predicted molar refractivity (Wildman–Crippen MR) is 128 cm³/mol. The summed E-state index contributed by atoms with van der Waals surface area (Å²) in [5.74, 6) is -0.0776. The van der Waals surface area contributed by atoms with E-state index >= 15 is 0 Å². The first-order valence-corrected chi connectivity index (χ1v) is 10.9. The lowest BCUT2D eigenvalue weighted by Gasteiger charge is -2.15. The zero-order valence-electron chi connectivity index (χ0n) is 18.3. The Hall–Kier alpha value is -3.77.